The number of phosphoric ester groups is 1. The van der Waals surface area contributed by atoms with Crippen LogP contribution in [0.2, 0.25) is 0 Å². The summed E-state index contributed by atoms with van der Waals surface area (Å²) in [6.07, 6.45) is 29.6. The second-order valence-corrected chi connectivity index (χ2v) is 17.4. The Balaban J connectivity index is 2.62. The maximum absolute atomic E-state index is 12.8. The summed E-state index contributed by atoms with van der Waals surface area (Å²) in [6, 6.07) is 0. The van der Waals surface area contributed by atoms with Crippen molar-refractivity contribution >= 4 is 19.8 Å². The second-order valence-electron chi connectivity index (χ2n) is 16.0. The first-order valence-electron chi connectivity index (χ1n) is 21.3. The Morgan fingerprint density at radius 1 is 0.807 bits per heavy atom. The predicted octanol–water partition coefficient (Wildman–Crippen LogP) is 7.43. The van der Waals surface area contributed by atoms with E-state index in [4.69, 9.17) is 18.5 Å². The van der Waals surface area contributed by atoms with Crippen molar-refractivity contribution in [2.24, 2.45) is 11.8 Å². The van der Waals surface area contributed by atoms with Gasteiger partial charge in [-0.3, -0.25) is 14.2 Å². The van der Waals surface area contributed by atoms with Gasteiger partial charge in [-0.2, -0.15) is 0 Å². The van der Waals surface area contributed by atoms with Crippen LogP contribution in [0.1, 0.15) is 123 Å². The van der Waals surface area contributed by atoms with Gasteiger partial charge in [0.1, 0.15) is 19.8 Å². The monoisotopic (exact) mass is 826 g/mol. The van der Waals surface area contributed by atoms with Gasteiger partial charge in [-0.05, 0) is 63.7 Å². The molecule has 0 heterocycles. The maximum atomic E-state index is 12.8. The van der Waals surface area contributed by atoms with Gasteiger partial charge < -0.3 is 43.2 Å². The van der Waals surface area contributed by atoms with Crippen molar-refractivity contribution in [3.05, 3.63) is 60.8 Å². The number of rotatable bonds is 33. The van der Waals surface area contributed by atoms with E-state index >= 15 is 0 Å². The highest BCUT2D eigenvalue weighted by molar-refractivity contribution is 7.45. The fraction of sp³-hybridized carbons (Fsp3) is 0.727. The van der Waals surface area contributed by atoms with E-state index in [9.17, 15) is 34.4 Å². The minimum atomic E-state index is -4.73. The zero-order valence-corrected chi connectivity index (χ0v) is 36.5. The molecular weight excluding hydrogens is 749 g/mol. The third-order valence-electron chi connectivity index (χ3n) is 9.61. The Labute approximate surface area is 343 Å². The lowest BCUT2D eigenvalue weighted by Crippen LogP contribution is -2.37. The quantitative estimate of drug-likeness (QED) is 0.0198. The van der Waals surface area contributed by atoms with Gasteiger partial charge in [0.15, 0.2) is 6.10 Å². The van der Waals surface area contributed by atoms with Crippen molar-refractivity contribution in [1.82, 2.24) is 0 Å². The number of aliphatic hydroxyl groups is 3. The van der Waals surface area contributed by atoms with Crippen molar-refractivity contribution < 1.29 is 57.4 Å². The highest BCUT2D eigenvalue weighted by atomic mass is 31.2. The molecule has 0 aliphatic heterocycles. The van der Waals surface area contributed by atoms with Gasteiger partial charge in [0, 0.05) is 18.8 Å². The number of aliphatic hydroxyl groups excluding tert-OH is 3. The van der Waals surface area contributed by atoms with Crippen LogP contribution in [0.4, 0.5) is 0 Å². The number of hydrogen-bond acceptors (Lipinski definition) is 11. The van der Waals surface area contributed by atoms with E-state index in [1.807, 2.05) is 21.1 Å². The molecule has 0 aromatic rings. The number of nitrogens with zero attached hydrogens (tertiary/aromatic N) is 1. The molecule has 1 fully saturated rings. The lowest BCUT2D eigenvalue weighted by atomic mass is 9.89. The molecule has 0 spiro atoms. The van der Waals surface area contributed by atoms with Gasteiger partial charge in [0.05, 0.1) is 52.5 Å². The fourth-order valence-corrected chi connectivity index (χ4v) is 6.89. The van der Waals surface area contributed by atoms with Gasteiger partial charge in [-0.25, -0.2) is 0 Å². The molecule has 328 valence electrons. The van der Waals surface area contributed by atoms with Crippen LogP contribution in [-0.2, 0) is 32.7 Å². The highest BCUT2D eigenvalue weighted by Crippen LogP contribution is 2.38. The first kappa shape index (κ1) is 52.6. The summed E-state index contributed by atoms with van der Waals surface area (Å²) >= 11 is 0. The zero-order chi connectivity index (χ0) is 42.4. The standard InChI is InChI=1S/C44H76NO11P/c1-6-8-10-11-12-13-14-15-16-17-18-19-20-21-23-28-43(49)53-35-38(36-55-57(51,52)54-33-32-45(3,4)5)56-44(50)29-25-24-27-39-40(42(48)34-41(39)47)31-30-37(46)26-22-9-7-2/h12-13,15-16,18-19,24-25,30-31,37-42,46-48H,6-11,14,17,20-23,26-29,32-36H2,1-5H3/b13-12-,16-15-,19-18-,25-24-,31-30+/t37-,38-,39+,40-,41+,42-/m1/s1. The van der Waals surface area contributed by atoms with E-state index < -0.39 is 57.4 Å². The number of carbonyl (C=O) groups excluding carboxylic acids is 2. The van der Waals surface area contributed by atoms with Crippen molar-refractivity contribution in [1.29, 1.82) is 0 Å². The Hall–Kier alpha value is -2.41. The largest absolute Gasteiger partial charge is 0.756 e. The molecule has 0 aromatic carbocycles. The average Bonchev–Trinajstić information content (AvgIpc) is 3.42. The summed E-state index contributed by atoms with van der Waals surface area (Å²) in [6.45, 7) is 3.64. The average molecular weight is 826 g/mol. The Morgan fingerprint density at radius 2 is 1.44 bits per heavy atom. The van der Waals surface area contributed by atoms with Crippen LogP contribution < -0.4 is 4.89 Å². The second kappa shape index (κ2) is 31.5. The summed E-state index contributed by atoms with van der Waals surface area (Å²) in [4.78, 5) is 37.7. The number of ether oxygens (including phenoxy) is 2. The first-order valence-corrected chi connectivity index (χ1v) is 22.7. The Morgan fingerprint density at radius 3 is 2.09 bits per heavy atom. The minimum Gasteiger partial charge on any atom is -0.756 e. The van der Waals surface area contributed by atoms with Gasteiger partial charge in [0.2, 0.25) is 0 Å². The highest BCUT2D eigenvalue weighted by Gasteiger charge is 2.39. The summed E-state index contributed by atoms with van der Waals surface area (Å²) in [5.41, 5.74) is 0. The maximum Gasteiger partial charge on any atom is 0.310 e. The number of hydrogen-bond donors (Lipinski definition) is 3. The molecule has 57 heavy (non-hydrogen) atoms. The van der Waals surface area contributed by atoms with E-state index in [2.05, 4.69) is 50.3 Å². The lowest BCUT2D eigenvalue weighted by Gasteiger charge is -2.28. The van der Waals surface area contributed by atoms with Gasteiger partial charge in [-0.1, -0.05) is 107 Å². The molecule has 1 aliphatic carbocycles. The molecule has 0 bridgehead atoms. The van der Waals surface area contributed by atoms with Crippen molar-refractivity contribution in [2.75, 3.05) is 47.5 Å². The van der Waals surface area contributed by atoms with Crippen molar-refractivity contribution in [2.45, 2.75) is 147 Å². The lowest BCUT2D eigenvalue weighted by molar-refractivity contribution is -0.870. The van der Waals surface area contributed by atoms with E-state index in [-0.39, 0.29) is 37.7 Å². The topological polar surface area (TPSA) is 172 Å². The van der Waals surface area contributed by atoms with E-state index in [0.717, 1.165) is 51.4 Å². The molecule has 0 radical (unpaired) electrons. The van der Waals surface area contributed by atoms with E-state index in [1.54, 1.807) is 24.3 Å². The molecular formula is C44H76NO11P. The van der Waals surface area contributed by atoms with Crippen LogP contribution >= 0.6 is 7.82 Å². The van der Waals surface area contributed by atoms with Gasteiger partial charge in [0.25, 0.3) is 7.82 Å². The number of carbonyl (C=O) groups is 2. The van der Waals surface area contributed by atoms with Crippen LogP contribution in [0.25, 0.3) is 0 Å². The number of esters is 2. The summed E-state index contributed by atoms with van der Waals surface area (Å²) in [5, 5.41) is 31.4. The Kier molecular flexibility index (Phi) is 29.1. The molecule has 1 aliphatic rings. The summed E-state index contributed by atoms with van der Waals surface area (Å²) in [7, 11) is 0.939. The third-order valence-corrected chi connectivity index (χ3v) is 10.6. The molecule has 12 nitrogen and oxygen atoms in total. The number of likely N-dealkylation sites (N-methyl/N-ethyl adjacent to an activating group) is 1. The van der Waals surface area contributed by atoms with E-state index in [0.29, 0.717) is 30.3 Å². The van der Waals surface area contributed by atoms with Crippen LogP contribution in [0.15, 0.2) is 60.8 Å². The van der Waals surface area contributed by atoms with Gasteiger partial charge in [-0.15, -0.1) is 0 Å². The molecule has 13 heteroatoms. The van der Waals surface area contributed by atoms with Crippen LogP contribution in [0, 0.1) is 11.8 Å². The van der Waals surface area contributed by atoms with Crippen LogP contribution in [0.3, 0.4) is 0 Å². The minimum absolute atomic E-state index is 0.0971. The van der Waals surface area contributed by atoms with Gasteiger partial charge >= 0.3 is 11.9 Å². The summed E-state index contributed by atoms with van der Waals surface area (Å²) < 4.78 is 33.7. The molecule has 3 N–H and O–H groups in total. The number of phosphoric acid groups is 1. The molecule has 1 rings (SSSR count). The normalized spacial score (nSPS) is 21.4. The third kappa shape index (κ3) is 28.6. The number of allylic oxidation sites excluding steroid dienone is 7. The summed E-state index contributed by atoms with van der Waals surface area (Å²) in [5.74, 6) is -1.83. The van der Waals surface area contributed by atoms with Crippen molar-refractivity contribution in [3.8, 4) is 0 Å². The smallest absolute Gasteiger partial charge is 0.310 e. The number of unbranched alkanes of at least 4 members (excludes halogenated alkanes) is 7. The molecule has 0 aromatic heterocycles. The molecule has 7 atom stereocenters. The first-order chi connectivity index (χ1) is 27.2. The van der Waals surface area contributed by atoms with Crippen LogP contribution in [-0.4, -0.2) is 104 Å². The van der Waals surface area contributed by atoms with Crippen molar-refractivity contribution in [3.63, 3.8) is 0 Å². The molecule has 0 saturated heterocycles. The molecule has 1 unspecified atom stereocenters. The Bertz CT molecular complexity index is 1280. The van der Waals surface area contributed by atoms with E-state index in [1.165, 1.54) is 19.3 Å². The predicted molar refractivity (Wildman–Crippen MR) is 224 cm³/mol. The fourth-order valence-electron chi connectivity index (χ4n) is 6.16. The number of quaternary nitrogens is 1. The molecule has 1 saturated carbocycles. The zero-order valence-electron chi connectivity index (χ0n) is 35.6. The van der Waals surface area contributed by atoms with Crippen LogP contribution in [0.5, 0.6) is 0 Å². The molecule has 0 amide bonds. The SMILES string of the molecule is CCCCC/C=C\C/C=C\C/C=C\CCCCC(=O)OC[C@H](COP(=O)([O-])OCC[N+](C)(C)C)OC(=O)C/C=C\C[C@H]1[C@@H](/C=C/[C@H](O)CCCCC)[C@H](O)C[C@@H]1O.